The molecule has 0 spiro atoms. The summed E-state index contributed by atoms with van der Waals surface area (Å²) in [6.07, 6.45) is 5.64. The van der Waals surface area contributed by atoms with Crippen LogP contribution in [0.15, 0.2) is 48.7 Å². The van der Waals surface area contributed by atoms with E-state index in [0.29, 0.717) is 18.3 Å². The number of ether oxygens (including phenoxy) is 2. The van der Waals surface area contributed by atoms with Crippen molar-refractivity contribution in [3.63, 3.8) is 0 Å². The molecule has 0 saturated carbocycles. The lowest BCUT2D eigenvalue weighted by molar-refractivity contribution is 0.254. The molecule has 2 aromatic carbocycles. The molecule has 2 aromatic heterocycles. The highest BCUT2D eigenvalue weighted by Crippen LogP contribution is 2.35. The first-order valence-corrected chi connectivity index (χ1v) is 13.8. The van der Waals surface area contributed by atoms with Crippen molar-refractivity contribution in [3.05, 3.63) is 48.7 Å². The van der Waals surface area contributed by atoms with Gasteiger partial charge in [-0.15, -0.1) is 0 Å². The topological polar surface area (TPSA) is 79.7 Å². The number of hydrogen-bond donors (Lipinski definition) is 2. The number of aromatic nitrogens is 3. The summed E-state index contributed by atoms with van der Waals surface area (Å²) in [5.74, 6) is 2.84. The standard InChI is InChI=1S/C29H37N7O2/c1-37-26-19-23-24(20-27(26)38-18-6-14-34-12-4-5-13-34)32-29(36-15-9-22-7-2-3-8-25(22)36)33-28(23)31-21-35-16-10-30-11-17-35/h2-3,7-9,15,19-20,30H,4-6,10-14,16-18,21H2,1H3,(H,31,32,33). The van der Waals surface area contributed by atoms with E-state index in [1.54, 1.807) is 7.11 Å². The largest absolute Gasteiger partial charge is 0.493 e. The molecule has 2 aliphatic rings. The first-order valence-electron chi connectivity index (χ1n) is 13.8. The minimum absolute atomic E-state index is 0.631. The van der Waals surface area contributed by atoms with Gasteiger partial charge in [-0.1, -0.05) is 18.2 Å². The van der Waals surface area contributed by atoms with Gasteiger partial charge in [-0.05, 0) is 50.6 Å². The van der Waals surface area contributed by atoms with E-state index in [9.17, 15) is 0 Å². The molecule has 2 N–H and O–H groups in total. The Bertz CT molecular complexity index is 1380. The average molecular weight is 516 g/mol. The van der Waals surface area contributed by atoms with Gasteiger partial charge in [-0.3, -0.25) is 9.47 Å². The van der Waals surface area contributed by atoms with Crippen LogP contribution < -0.4 is 20.1 Å². The number of likely N-dealkylation sites (tertiary alicyclic amines) is 1. The number of anilines is 1. The molecule has 4 heterocycles. The molecular formula is C29H37N7O2. The van der Waals surface area contributed by atoms with E-state index in [1.165, 1.54) is 25.9 Å². The molecular weight excluding hydrogens is 478 g/mol. The van der Waals surface area contributed by atoms with Crippen LogP contribution in [0.2, 0.25) is 0 Å². The van der Waals surface area contributed by atoms with Crippen molar-refractivity contribution in [2.24, 2.45) is 0 Å². The lowest BCUT2D eigenvalue weighted by atomic mass is 10.2. The number of benzene rings is 2. The second kappa shape index (κ2) is 11.6. The van der Waals surface area contributed by atoms with Gasteiger partial charge in [-0.25, -0.2) is 4.98 Å². The molecule has 38 heavy (non-hydrogen) atoms. The molecule has 0 aliphatic carbocycles. The number of hydrogen-bond acceptors (Lipinski definition) is 8. The molecule has 9 nitrogen and oxygen atoms in total. The predicted molar refractivity (Wildman–Crippen MR) is 152 cm³/mol. The van der Waals surface area contributed by atoms with Gasteiger partial charge < -0.3 is 25.0 Å². The van der Waals surface area contributed by atoms with Gasteiger partial charge in [0.15, 0.2) is 11.5 Å². The highest BCUT2D eigenvalue weighted by atomic mass is 16.5. The van der Waals surface area contributed by atoms with Crippen LogP contribution in [-0.4, -0.2) is 90.5 Å². The minimum atomic E-state index is 0.631. The van der Waals surface area contributed by atoms with Crippen molar-refractivity contribution in [1.29, 1.82) is 0 Å². The van der Waals surface area contributed by atoms with Crippen LogP contribution in [-0.2, 0) is 0 Å². The first kappa shape index (κ1) is 24.9. The van der Waals surface area contributed by atoms with E-state index in [4.69, 9.17) is 19.4 Å². The summed E-state index contributed by atoms with van der Waals surface area (Å²) in [6, 6.07) is 14.4. The number of piperazine rings is 1. The summed E-state index contributed by atoms with van der Waals surface area (Å²) in [6.45, 7) is 8.85. The maximum absolute atomic E-state index is 6.24. The van der Waals surface area contributed by atoms with Gasteiger partial charge in [0.05, 0.1) is 31.4 Å². The van der Waals surface area contributed by atoms with Gasteiger partial charge in [0.1, 0.15) is 5.82 Å². The molecule has 2 saturated heterocycles. The summed E-state index contributed by atoms with van der Waals surface area (Å²) in [4.78, 5) is 14.9. The smallest absolute Gasteiger partial charge is 0.236 e. The van der Waals surface area contributed by atoms with E-state index >= 15 is 0 Å². The fourth-order valence-corrected chi connectivity index (χ4v) is 5.43. The quantitative estimate of drug-likeness (QED) is 0.310. The number of rotatable bonds is 10. The lowest BCUT2D eigenvalue weighted by Gasteiger charge is -2.27. The summed E-state index contributed by atoms with van der Waals surface area (Å²) >= 11 is 0. The summed E-state index contributed by atoms with van der Waals surface area (Å²) in [5, 5.41) is 9.08. The van der Waals surface area contributed by atoms with Crippen molar-refractivity contribution in [3.8, 4) is 17.4 Å². The second-order valence-corrected chi connectivity index (χ2v) is 10.1. The van der Waals surface area contributed by atoms with Crippen LogP contribution in [0.25, 0.3) is 27.8 Å². The van der Waals surface area contributed by atoms with Crippen LogP contribution in [0.3, 0.4) is 0 Å². The van der Waals surface area contributed by atoms with Crippen molar-refractivity contribution >= 4 is 27.6 Å². The Morgan fingerprint density at radius 1 is 0.947 bits per heavy atom. The van der Waals surface area contributed by atoms with Crippen LogP contribution >= 0.6 is 0 Å². The van der Waals surface area contributed by atoms with E-state index in [-0.39, 0.29) is 0 Å². The van der Waals surface area contributed by atoms with E-state index in [2.05, 4.69) is 38.6 Å². The zero-order valence-corrected chi connectivity index (χ0v) is 22.2. The summed E-state index contributed by atoms with van der Waals surface area (Å²) < 4.78 is 14.0. The van der Waals surface area contributed by atoms with Crippen molar-refractivity contribution in [1.82, 2.24) is 29.7 Å². The number of nitrogens with zero attached hydrogens (tertiary/aromatic N) is 5. The van der Waals surface area contributed by atoms with Crippen LogP contribution in [0.1, 0.15) is 19.3 Å². The van der Waals surface area contributed by atoms with Gasteiger partial charge in [0.2, 0.25) is 5.95 Å². The SMILES string of the molecule is COc1cc2c(NCN3CCNCC3)nc(-n3ccc4ccccc43)nc2cc1OCCCN1CCCC1. The highest BCUT2D eigenvalue weighted by Gasteiger charge is 2.17. The first-order chi connectivity index (χ1) is 18.8. The van der Waals surface area contributed by atoms with Gasteiger partial charge in [0, 0.05) is 55.8 Å². The highest BCUT2D eigenvalue weighted by molar-refractivity contribution is 5.92. The predicted octanol–water partition coefficient (Wildman–Crippen LogP) is 3.72. The Labute approximate surface area is 223 Å². The van der Waals surface area contributed by atoms with Gasteiger partial charge >= 0.3 is 0 Å². The second-order valence-electron chi connectivity index (χ2n) is 10.1. The molecule has 2 fully saturated rings. The molecule has 0 atom stereocenters. The van der Waals surface area contributed by atoms with E-state index in [0.717, 1.165) is 79.2 Å². The fraction of sp³-hybridized carbons (Fsp3) is 0.448. The van der Waals surface area contributed by atoms with Crippen LogP contribution in [0.5, 0.6) is 11.5 Å². The maximum Gasteiger partial charge on any atom is 0.236 e. The van der Waals surface area contributed by atoms with Crippen molar-refractivity contribution in [2.75, 3.05) is 71.5 Å². The molecule has 0 unspecified atom stereocenters. The number of para-hydroxylation sites is 1. The van der Waals surface area contributed by atoms with E-state index in [1.807, 2.05) is 35.0 Å². The van der Waals surface area contributed by atoms with Crippen molar-refractivity contribution < 1.29 is 9.47 Å². The number of methoxy groups -OCH3 is 1. The molecule has 0 radical (unpaired) electrons. The Kier molecular flexibility index (Phi) is 7.57. The normalized spacial score (nSPS) is 16.9. The van der Waals surface area contributed by atoms with Gasteiger partial charge in [0.25, 0.3) is 0 Å². The Hall–Kier alpha value is -3.40. The molecule has 2 aliphatic heterocycles. The molecule has 0 bridgehead atoms. The number of fused-ring (bicyclic) bond motifs is 2. The number of nitrogens with one attached hydrogen (secondary N) is 2. The third-order valence-corrected chi connectivity index (χ3v) is 7.54. The Morgan fingerprint density at radius 3 is 2.63 bits per heavy atom. The van der Waals surface area contributed by atoms with Gasteiger partial charge in [-0.2, -0.15) is 4.98 Å². The Morgan fingerprint density at radius 2 is 1.79 bits per heavy atom. The molecule has 4 aromatic rings. The molecule has 9 heteroatoms. The third kappa shape index (κ3) is 5.41. The van der Waals surface area contributed by atoms with Crippen molar-refractivity contribution in [2.45, 2.75) is 19.3 Å². The molecule has 0 amide bonds. The lowest BCUT2D eigenvalue weighted by Crippen LogP contribution is -2.45. The van der Waals surface area contributed by atoms with Crippen LogP contribution in [0.4, 0.5) is 5.82 Å². The monoisotopic (exact) mass is 515 g/mol. The zero-order chi connectivity index (χ0) is 25.7. The summed E-state index contributed by atoms with van der Waals surface area (Å²) in [5.41, 5.74) is 1.90. The molecule has 6 rings (SSSR count). The minimum Gasteiger partial charge on any atom is -0.493 e. The third-order valence-electron chi connectivity index (χ3n) is 7.54. The summed E-state index contributed by atoms with van der Waals surface area (Å²) in [7, 11) is 1.69. The maximum atomic E-state index is 6.24. The van der Waals surface area contributed by atoms with Crippen LogP contribution in [0, 0.1) is 0 Å². The molecule has 200 valence electrons. The zero-order valence-electron chi connectivity index (χ0n) is 22.2. The Balaban J connectivity index is 1.32. The average Bonchev–Trinajstić information content (AvgIpc) is 3.64. The van der Waals surface area contributed by atoms with E-state index < -0.39 is 0 Å². The fourth-order valence-electron chi connectivity index (χ4n) is 5.43.